The van der Waals surface area contributed by atoms with Gasteiger partial charge in [0, 0.05) is 32.7 Å². The van der Waals surface area contributed by atoms with Gasteiger partial charge in [-0.25, -0.2) is 0 Å². The van der Waals surface area contributed by atoms with E-state index in [-0.39, 0.29) is 0 Å². The Balaban J connectivity index is 1.44. The van der Waals surface area contributed by atoms with Gasteiger partial charge in [-0.2, -0.15) is 0 Å². The Morgan fingerprint density at radius 1 is 1.20 bits per heavy atom. The summed E-state index contributed by atoms with van der Waals surface area (Å²) in [6, 6.07) is 10.6. The minimum absolute atomic E-state index is 0.309. The highest BCUT2D eigenvalue weighted by atomic mass is 16.5. The van der Waals surface area contributed by atoms with Gasteiger partial charge in [-0.05, 0) is 30.4 Å². The van der Waals surface area contributed by atoms with Gasteiger partial charge in [0.2, 0.25) is 0 Å². The van der Waals surface area contributed by atoms with Gasteiger partial charge in [0.1, 0.15) is 0 Å². The molecule has 108 valence electrons. The van der Waals surface area contributed by atoms with E-state index in [1.165, 1.54) is 5.56 Å². The lowest BCUT2D eigenvalue weighted by atomic mass is 9.83. The van der Waals surface area contributed by atoms with Gasteiger partial charge >= 0.3 is 0 Å². The molecule has 1 aromatic carbocycles. The maximum atomic E-state index is 9.01. The Morgan fingerprint density at radius 3 is 2.65 bits per heavy atom. The molecule has 0 spiro atoms. The third kappa shape index (κ3) is 3.41. The molecule has 0 aromatic heterocycles. The lowest BCUT2D eigenvalue weighted by Gasteiger charge is -2.36. The number of benzene rings is 1. The van der Waals surface area contributed by atoms with Gasteiger partial charge in [0.05, 0.1) is 11.9 Å². The monoisotopic (exact) mass is 273 g/mol. The van der Waals surface area contributed by atoms with Crippen LogP contribution in [0.15, 0.2) is 42.2 Å². The van der Waals surface area contributed by atoms with Crippen molar-refractivity contribution >= 4 is 0 Å². The molecule has 20 heavy (non-hydrogen) atoms. The van der Waals surface area contributed by atoms with Gasteiger partial charge in [0.15, 0.2) is 0 Å². The first kappa shape index (κ1) is 13.7. The Bertz CT molecular complexity index is 451. The summed E-state index contributed by atoms with van der Waals surface area (Å²) in [5.74, 6) is 1.62. The maximum Gasteiger partial charge on any atom is 0.0989 e. The summed E-state index contributed by atoms with van der Waals surface area (Å²) in [5.41, 5.74) is 1.37. The molecule has 1 fully saturated rings. The van der Waals surface area contributed by atoms with Gasteiger partial charge in [0.25, 0.3) is 0 Å². The Labute approximate surface area is 120 Å². The van der Waals surface area contributed by atoms with Gasteiger partial charge in [-0.3, -0.25) is 4.90 Å². The molecule has 3 heteroatoms. The smallest absolute Gasteiger partial charge is 0.0989 e. The molecule has 3 rings (SSSR count). The molecular formula is C17H23NO2. The number of hydrogen-bond donors (Lipinski definition) is 1. The molecule has 1 heterocycles. The van der Waals surface area contributed by atoms with Crippen molar-refractivity contribution in [2.45, 2.75) is 31.9 Å². The first-order valence-electron chi connectivity index (χ1n) is 7.56. The molecule has 1 aliphatic heterocycles. The third-order valence-electron chi connectivity index (χ3n) is 4.27. The van der Waals surface area contributed by atoms with E-state index in [4.69, 9.17) is 9.84 Å². The number of nitrogens with zero attached hydrogens (tertiary/aromatic N) is 1. The standard InChI is InChI=1S/C17H23NO2/c19-13-15-10-17(11-15)20-16-6-8-18(9-7-16)12-14-4-2-1-3-5-14/h1-6,15,17,19H,7-13H2. The molecule has 0 radical (unpaired) electrons. The van der Waals surface area contributed by atoms with Crippen molar-refractivity contribution in [2.24, 2.45) is 5.92 Å². The molecule has 0 bridgehead atoms. The van der Waals surface area contributed by atoms with E-state index in [0.717, 1.165) is 44.7 Å². The summed E-state index contributed by atoms with van der Waals surface area (Å²) in [7, 11) is 0. The second-order valence-corrected chi connectivity index (χ2v) is 5.90. The number of hydrogen-bond acceptors (Lipinski definition) is 3. The molecule has 0 atom stereocenters. The van der Waals surface area contributed by atoms with Crippen LogP contribution >= 0.6 is 0 Å². The molecule has 0 unspecified atom stereocenters. The summed E-state index contributed by atoms with van der Waals surface area (Å²) < 4.78 is 5.98. The van der Waals surface area contributed by atoms with Crippen LogP contribution < -0.4 is 0 Å². The highest BCUT2D eigenvalue weighted by molar-refractivity contribution is 5.15. The van der Waals surface area contributed by atoms with Crippen molar-refractivity contribution in [3.63, 3.8) is 0 Å². The SMILES string of the molecule is OCC1CC(OC2=CCN(Cc3ccccc3)CC2)C1. The lowest BCUT2D eigenvalue weighted by molar-refractivity contribution is -0.0164. The summed E-state index contributed by atoms with van der Waals surface area (Å²) in [4.78, 5) is 2.44. The normalized spacial score (nSPS) is 26.8. The molecule has 1 aliphatic carbocycles. The van der Waals surface area contributed by atoms with E-state index in [2.05, 4.69) is 41.3 Å². The molecule has 2 aliphatic rings. The van der Waals surface area contributed by atoms with E-state index in [0.29, 0.717) is 18.6 Å². The van der Waals surface area contributed by atoms with E-state index >= 15 is 0 Å². The summed E-state index contributed by atoms with van der Waals surface area (Å²) in [6.07, 6.45) is 5.61. The van der Waals surface area contributed by atoms with Crippen LogP contribution in [0.5, 0.6) is 0 Å². The van der Waals surface area contributed by atoms with Gasteiger partial charge < -0.3 is 9.84 Å². The van der Waals surface area contributed by atoms with Crippen LogP contribution in [-0.4, -0.2) is 35.8 Å². The number of aliphatic hydroxyl groups excluding tert-OH is 1. The van der Waals surface area contributed by atoms with Crippen LogP contribution in [0.2, 0.25) is 0 Å². The van der Waals surface area contributed by atoms with Gasteiger partial charge in [-0.15, -0.1) is 0 Å². The summed E-state index contributed by atoms with van der Waals surface area (Å²) in [6.45, 7) is 3.36. The fourth-order valence-electron chi connectivity index (χ4n) is 2.92. The second-order valence-electron chi connectivity index (χ2n) is 5.90. The van der Waals surface area contributed by atoms with Crippen LogP contribution in [0.3, 0.4) is 0 Å². The first-order valence-corrected chi connectivity index (χ1v) is 7.56. The second kappa shape index (κ2) is 6.42. The zero-order chi connectivity index (χ0) is 13.8. The molecule has 0 amide bonds. The van der Waals surface area contributed by atoms with E-state index < -0.39 is 0 Å². The van der Waals surface area contributed by atoms with Crippen LogP contribution in [0.4, 0.5) is 0 Å². The molecule has 0 saturated heterocycles. The molecule has 1 saturated carbocycles. The predicted octanol–water partition coefficient (Wildman–Crippen LogP) is 2.56. The average Bonchev–Trinajstić information content (AvgIpc) is 2.45. The maximum absolute atomic E-state index is 9.01. The molecular weight excluding hydrogens is 250 g/mol. The fourth-order valence-corrected chi connectivity index (χ4v) is 2.92. The largest absolute Gasteiger partial charge is 0.495 e. The van der Waals surface area contributed by atoms with Crippen molar-refractivity contribution in [3.05, 3.63) is 47.7 Å². The summed E-state index contributed by atoms with van der Waals surface area (Å²) in [5, 5.41) is 9.01. The third-order valence-corrected chi connectivity index (χ3v) is 4.27. The lowest BCUT2D eigenvalue weighted by Crippen LogP contribution is -2.35. The van der Waals surface area contributed by atoms with Crippen molar-refractivity contribution in [1.29, 1.82) is 0 Å². The first-order chi connectivity index (χ1) is 9.83. The predicted molar refractivity (Wildman–Crippen MR) is 79.1 cm³/mol. The van der Waals surface area contributed by atoms with Crippen LogP contribution in [0.25, 0.3) is 0 Å². The molecule has 1 N–H and O–H groups in total. The highest BCUT2D eigenvalue weighted by Gasteiger charge is 2.30. The number of aliphatic hydroxyl groups is 1. The van der Waals surface area contributed by atoms with Gasteiger partial charge in [-0.1, -0.05) is 30.3 Å². The van der Waals surface area contributed by atoms with Crippen LogP contribution in [-0.2, 0) is 11.3 Å². The topological polar surface area (TPSA) is 32.7 Å². The van der Waals surface area contributed by atoms with Crippen molar-refractivity contribution < 1.29 is 9.84 Å². The average molecular weight is 273 g/mol. The van der Waals surface area contributed by atoms with Crippen molar-refractivity contribution in [3.8, 4) is 0 Å². The number of ether oxygens (including phenoxy) is 1. The number of rotatable bonds is 5. The van der Waals surface area contributed by atoms with E-state index in [9.17, 15) is 0 Å². The highest BCUT2D eigenvalue weighted by Crippen LogP contribution is 2.32. The Hall–Kier alpha value is -1.32. The zero-order valence-corrected chi connectivity index (χ0v) is 11.9. The van der Waals surface area contributed by atoms with Crippen molar-refractivity contribution in [1.82, 2.24) is 4.90 Å². The van der Waals surface area contributed by atoms with Crippen molar-refractivity contribution in [2.75, 3.05) is 19.7 Å². The molecule has 1 aromatic rings. The Morgan fingerprint density at radius 2 is 2.00 bits per heavy atom. The summed E-state index contributed by atoms with van der Waals surface area (Å²) >= 11 is 0. The Kier molecular flexibility index (Phi) is 4.38. The van der Waals surface area contributed by atoms with Crippen LogP contribution in [0, 0.1) is 5.92 Å². The van der Waals surface area contributed by atoms with Crippen LogP contribution in [0.1, 0.15) is 24.8 Å². The zero-order valence-electron chi connectivity index (χ0n) is 11.9. The fraction of sp³-hybridized carbons (Fsp3) is 0.529. The quantitative estimate of drug-likeness (QED) is 0.895. The minimum Gasteiger partial charge on any atom is -0.495 e. The van der Waals surface area contributed by atoms with E-state index in [1.54, 1.807) is 0 Å². The molecule has 3 nitrogen and oxygen atoms in total. The minimum atomic E-state index is 0.309. The van der Waals surface area contributed by atoms with E-state index in [1.807, 2.05) is 0 Å².